The van der Waals surface area contributed by atoms with Gasteiger partial charge in [-0.2, -0.15) is 0 Å². The van der Waals surface area contributed by atoms with Crippen LogP contribution >= 0.6 is 0 Å². The summed E-state index contributed by atoms with van der Waals surface area (Å²) in [5, 5.41) is 0. The van der Waals surface area contributed by atoms with E-state index in [-0.39, 0.29) is 0 Å². The molecule has 0 saturated carbocycles. The molecule has 0 aromatic heterocycles. The summed E-state index contributed by atoms with van der Waals surface area (Å²) in [6, 6.07) is 0. The molecule has 0 aliphatic rings. The molecule has 146 valence electrons. The maximum absolute atomic E-state index is 6.67. The van der Waals surface area contributed by atoms with Gasteiger partial charge < -0.3 is 12.7 Å². The summed E-state index contributed by atoms with van der Waals surface area (Å²) in [5.41, 5.74) is 0. The lowest BCUT2D eigenvalue weighted by Crippen LogP contribution is -2.59. The first-order valence-electron chi connectivity index (χ1n) is 9.90. The molecule has 0 rings (SSSR count). The standard InChI is InChI=1S/C18H46NO2Si3/c1-11-12-13-14-15-16-17-19(2,3)18-23(7,8)21-24(9,10)20-22(4,5)6/h11-18H2,1-10H3/q+1. The van der Waals surface area contributed by atoms with Crippen molar-refractivity contribution >= 4 is 25.2 Å². The molecule has 0 amide bonds. The molecule has 0 radical (unpaired) electrons. The first-order chi connectivity index (χ1) is 10.7. The molecule has 0 aromatic rings. The normalized spacial score (nSPS) is 14.2. The Kier molecular flexibility index (Phi) is 10.2. The topological polar surface area (TPSA) is 18.5 Å². The first-order valence-corrected chi connectivity index (χ1v) is 19.2. The van der Waals surface area contributed by atoms with Crippen molar-refractivity contribution in [3.05, 3.63) is 0 Å². The number of hydrogen-bond donors (Lipinski definition) is 0. The molecule has 0 atom stereocenters. The highest BCUT2D eigenvalue weighted by atomic mass is 28.5. The maximum atomic E-state index is 6.67. The van der Waals surface area contributed by atoms with E-state index in [4.69, 9.17) is 8.23 Å². The number of hydrogen-bond acceptors (Lipinski definition) is 2. The molecular weight excluding hydrogens is 346 g/mol. The predicted molar refractivity (Wildman–Crippen MR) is 116 cm³/mol. The smallest absolute Gasteiger partial charge is 0.311 e. The summed E-state index contributed by atoms with van der Waals surface area (Å²) in [5.74, 6) is 0. The summed E-state index contributed by atoms with van der Waals surface area (Å²) in [6.45, 7) is 19.5. The van der Waals surface area contributed by atoms with Crippen molar-refractivity contribution in [2.45, 2.75) is 91.3 Å². The SMILES string of the molecule is CCCCCCCC[N+](C)(C)C[Si](C)(C)O[Si](C)(C)O[Si](C)(C)C. The Morgan fingerprint density at radius 2 is 1.21 bits per heavy atom. The van der Waals surface area contributed by atoms with Crippen molar-refractivity contribution < 1.29 is 12.7 Å². The van der Waals surface area contributed by atoms with E-state index in [9.17, 15) is 0 Å². The van der Waals surface area contributed by atoms with Gasteiger partial charge in [0.2, 0.25) is 8.32 Å². The van der Waals surface area contributed by atoms with Crippen molar-refractivity contribution in [1.29, 1.82) is 0 Å². The molecule has 0 fully saturated rings. The summed E-state index contributed by atoms with van der Waals surface area (Å²) in [6.07, 6.45) is 9.42. The Balaban J connectivity index is 4.39. The lowest BCUT2D eigenvalue weighted by atomic mass is 10.1. The van der Waals surface area contributed by atoms with Crippen LogP contribution in [0.2, 0.25) is 45.8 Å². The molecule has 0 heterocycles. The largest absolute Gasteiger partial charge is 0.437 e. The van der Waals surface area contributed by atoms with Crippen LogP contribution in [0.15, 0.2) is 0 Å². The van der Waals surface area contributed by atoms with Gasteiger partial charge in [0.25, 0.3) is 0 Å². The summed E-state index contributed by atoms with van der Waals surface area (Å²) in [4.78, 5) is 0. The monoisotopic (exact) mass is 392 g/mol. The van der Waals surface area contributed by atoms with Crippen LogP contribution in [0.3, 0.4) is 0 Å². The second kappa shape index (κ2) is 10.0. The van der Waals surface area contributed by atoms with E-state index in [0.29, 0.717) is 0 Å². The van der Waals surface area contributed by atoms with Crippen molar-refractivity contribution in [1.82, 2.24) is 0 Å². The maximum Gasteiger partial charge on any atom is 0.311 e. The highest BCUT2D eigenvalue weighted by Crippen LogP contribution is 2.22. The zero-order valence-electron chi connectivity index (χ0n) is 18.4. The number of nitrogens with zero attached hydrogens (tertiary/aromatic N) is 1. The van der Waals surface area contributed by atoms with Gasteiger partial charge in [-0.25, -0.2) is 0 Å². The minimum Gasteiger partial charge on any atom is -0.437 e. The van der Waals surface area contributed by atoms with E-state index in [1.54, 1.807) is 0 Å². The number of rotatable bonds is 13. The van der Waals surface area contributed by atoms with E-state index in [0.717, 1.165) is 4.48 Å². The lowest BCUT2D eigenvalue weighted by molar-refractivity contribution is -0.881. The third kappa shape index (κ3) is 13.8. The van der Waals surface area contributed by atoms with Gasteiger partial charge in [-0.1, -0.05) is 32.6 Å². The highest BCUT2D eigenvalue weighted by molar-refractivity contribution is 6.87. The van der Waals surface area contributed by atoms with E-state index < -0.39 is 25.2 Å². The summed E-state index contributed by atoms with van der Waals surface area (Å²) >= 11 is 0. The predicted octanol–water partition coefficient (Wildman–Crippen LogP) is 5.74. The van der Waals surface area contributed by atoms with Gasteiger partial charge in [-0.05, 0) is 58.7 Å². The minimum atomic E-state index is -2.01. The Labute approximate surface area is 156 Å². The molecule has 24 heavy (non-hydrogen) atoms. The second-order valence-corrected chi connectivity index (χ2v) is 22.6. The van der Waals surface area contributed by atoms with Crippen LogP contribution in [0.1, 0.15) is 45.4 Å². The first kappa shape index (κ1) is 24.5. The fourth-order valence-corrected chi connectivity index (χ4v) is 18.1. The Hall–Kier alpha value is 0.531. The van der Waals surface area contributed by atoms with Crippen LogP contribution < -0.4 is 0 Å². The third-order valence-corrected chi connectivity index (χ3v) is 14.2. The average molecular weight is 393 g/mol. The average Bonchev–Trinajstić information content (AvgIpc) is 2.26. The van der Waals surface area contributed by atoms with E-state index in [2.05, 4.69) is 66.8 Å². The molecule has 3 nitrogen and oxygen atoms in total. The highest BCUT2D eigenvalue weighted by Gasteiger charge is 2.41. The molecule has 0 bridgehead atoms. The van der Waals surface area contributed by atoms with Gasteiger partial charge in [0.15, 0.2) is 8.32 Å². The molecule has 0 aliphatic heterocycles. The quantitative estimate of drug-likeness (QED) is 0.226. The molecule has 0 saturated heterocycles. The van der Waals surface area contributed by atoms with Gasteiger partial charge in [0.05, 0.1) is 26.8 Å². The molecular formula is C18H46NO2Si3+. The van der Waals surface area contributed by atoms with Crippen molar-refractivity contribution in [2.24, 2.45) is 0 Å². The molecule has 0 N–H and O–H groups in total. The Morgan fingerprint density at radius 1 is 0.708 bits per heavy atom. The molecule has 0 unspecified atom stereocenters. The van der Waals surface area contributed by atoms with Crippen LogP contribution in [0.4, 0.5) is 0 Å². The fourth-order valence-electron chi connectivity index (χ4n) is 3.89. The fraction of sp³-hybridized carbons (Fsp3) is 1.00. The zero-order chi connectivity index (χ0) is 19.1. The Bertz CT molecular complexity index is 353. The summed E-state index contributed by atoms with van der Waals surface area (Å²) in [7, 11) is -0.526. The van der Waals surface area contributed by atoms with Crippen LogP contribution in [0.5, 0.6) is 0 Å². The van der Waals surface area contributed by atoms with Gasteiger partial charge in [-0.15, -0.1) is 0 Å². The second-order valence-electron chi connectivity index (χ2n) is 10.1. The van der Waals surface area contributed by atoms with E-state index in [1.165, 1.54) is 51.2 Å². The van der Waals surface area contributed by atoms with Crippen LogP contribution in [0, 0.1) is 0 Å². The number of quaternary nitrogens is 1. The van der Waals surface area contributed by atoms with E-state index in [1.807, 2.05) is 0 Å². The van der Waals surface area contributed by atoms with Gasteiger partial charge >= 0.3 is 8.56 Å². The van der Waals surface area contributed by atoms with Crippen molar-refractivity contribution in [2.75, 3.05) is 26.8 Å². The lowest BCUT2D eigenvalue weighted by Gasteiger charge is -2.41. The molecule has 0 spiro atoms. The Morgan fingerprint density at radius 3 is 1.71 bits per heavy atom. The molecule has 0 aromatic carbocycles. The number of unbranched alkanes of at least 4 members (excludes halogenated alkanes) is 5. The zero-order valence-corrected chi connectivity index (χ0v) is 21.4. The summed E-state index contributed by atoms with van der Waals surface area (Å²) < 4.78 is 14.2. The molecule has 6 heteroatoms. The molecule has 0 aliphatic carbocycles. The van der Waals surface area contributed by atoms with E-state index >= 15 is 0 Å². The van der Waals surface area contributed by atoms with Gasteiger partial charge in [0, 0.05) is 0 Å². The van der Waals surface area contributed by atoms with Crippen molar-refractivity contribution in [3.63, 3.8) is 0 Å². The van der Waals surface area contributed by atoms with Crippen LogP contribution in [0.25, 0.3) is 0 Å². The van der Waals surface area contributed by atoms with Crippen molar-refractivity contribution in [3.8, 4) is 0 Å². The van der Waals surface area contributed by atoms with Crippen LogP contribution in [-0.4, -0.2) is 56.5 Å². The van der Waals surface area contributed by atoms with Gasteiger partial charge in [-0.3, -0.25) is 0 Å². The van der Waals surface area contributed by atoms with Gasteiger partial charge in [0.1, 0.15) is 0 Å². The minimum absolute atomic E-state index is 1.09. The van der Waals surface area contributed by atoms with Crippen LogP contribution in [-0.2, 0) is 8.23 Å². The third-order valence-electron chi connectivity index (χ3n) is 4.00.